The number of ether oxygens (including phenoxy) is 1. The molecule has 2 heterocycles. The van der Waals surface area contributed by atoms with Gasteiger partial charge >= 0.3 is 0 Å². The summed E-state index contributed by atoms with van der Waals surface area (Å²) in [5.41, 5.74) is 4.40. The molecule has 126 valence electrons. The highest BCUT2D eigenvalue weighted by Gasteiger charge is 2.10. The number of H-pyrrole nitrogens is 1. The van der Waals surface area contributed by atoms with Crippen molar-refractivity contribution in [2.45, 2.75) is 33.0 Å². The minimum Gasteiger partial charge on any atom is -0.497 e. The van der Waals surface area contributed by atoms with E-state index < -0.39 is 0 Å². The molecule has 0 saturated carbocycles. The third-order valence-electron chi connectivity index (χ3n) is 3.94. The zero-order valence-corrected chi connectivity index (χ0v) is 14.3. The standard InChI is InChI=1S/C18H23N5O/c1-13-8-21-23(11-13)12-14(2)19-9-16-10-20-22-18(16)15-5-4-6-17(7-15)24-3/h4-8,10-11,14,19H,9,12H2,1-3H3,(H,20,22). The largest absolute Gasteiger partial charge is 0.497 e. The average Bonchev–Trinajstić information content (AvgIpc) is 3.22. The summed E-state index contributed by atoms with van der Waals surface area (Å²) >= 11 is 0. The molecule has 0 spiro atoms. The van der Waals surface area contributed by atoms with Crippen LogP contribution in [0.1, 0.15) is 18.1 Å². The van der Waals surface area contributed by atoms with Gasteiger partial charge in [0.1, 0.15) is 5.75 Å². The Morgan fingerprint density at radius 2 is 2.21 bits per heavy atom. The number of nitrogens with zero attached hydrogens (tertiary/aromatic N) is 3. The molecule has 2 N–H and O–H groups in total. The molecule has 0 fully saturated rings. The number of aryl methyl sites for hydroxylation is 1. The van der Waals surface area contributed by atoms with Crippen molar-refractivity contribution in [3.8, 4) is 17.0 Å². The molecule has 6 heteroatoms. The lowest BCUT2D eigenvalue weighted by Crippen LogP contribution is -2.30. The van der Waals surface area contributed by atoms with Crippen LogP contribution >= 0.6 is 0 Å². The molecule has 1 aromatic carbocycles. The van der Waals surface area contributed by atoms with Gasteiger partial charge in [-0.15, -0.1) is 0 Å². The third kappa shape index (κ3) is 3.83. The second-order valence-corrected chi connectivity index (χ2v) is 6.02. The van der Waals surface area contributed by atoms with Crippen molar-refractivity contribution in [1.29, 1.82) is 0 Å². The maximum absolute atomic E-state index is 5.30. The molecule has 3 rings (SSSR count). The van der Waals surface area contributed by atoms with E-state index in [0.29, 0.717) is 6.04 Å². The molecular formula is C18H23N5O. The van der Waals surface area contributed by atoms with E-state index in [1.54, 1.807) is 7.11 Å². The number of aromatic amines is 1. The number of nitrogens with one attached hydrogen (secondary N) is 2. The fourth-order valence-electron chi connectivity index (χ4n) is 2.67. The topological polar surface area (TPSA) is 67.8 Å². The van der Waals surface area contributed by atoms with Crippen LogP contribution in [0.5, 0.6) is 5.75 Å². The Balaban J connectivity index is 1.65. The molecule has 0 amide bonds. The van der Waals surface area contributed by atoms with E-state index >= 15 is 0 Å². The summed E-state index contributed by atoms with van der Waals surface area (Å²) in [6.45, 7) is 5.78. The number of aromatic nitrogens is 4. The summed E-state index contributed by atoms with van der Waals surface area (Å²) in [5, 5.41) is 15.1. The van der Waals surface area contributed by atoms with Crippen LogP contribution in [-0.2, 0) is 13.1 Å². The van der Waals surface area contributed by atoms with Gasteiger partial charge in [-0.3, -0.25) is 9.78 Å². The van der Waals surface area contributed by atoms with Crippen LogP contribution in [0.15, 0.2) is 42.9 Å². The van der Waals surface area contributed by atoms with Crippen LogP contribution in [0, 0.1) is 6.92 Å². The van der Waals surface area contributed by atoms with Crippen molar-refractivity contribution in [2.24, 2.45) is 0 Å². The Morgan fingerprint density at radius 3 is 2.96 bits per heavy atom. The van der Waals surface area contributed by atoms with Gasteiger partial charge in [-0.2, -0.15) is 10.2 Å². The summed E-state index contributed by atoms with van der Waals surface area (Å²) in [6, 6.07) is 8.28. The number of rotatable bonds is 7. The third-order valence-corrected chi connectivity index (χ3v) is 3.94. The summed E-state index contributed by atoms with van der Waals surface area (Å²) < 4.78 is 7.26. The zero-order valence-electron chi connectivity index (χ0n) is 14.3. The van der Waals surface area contributed by atoms with E-state index in [0.717, 1.165) is 35.7 Å². The predicted molar refractivity (Wildman–Crippen MR) is 93.8 cm³/mol. The highest BCUT2D eigenvalue weighted by Crippen LogP contribution is 2.24. The highest BCUT2D eigenvalue weighted by atomic mass is 16.5. The van der Waals surface area contributed by atoms with Gasteiger partial charge in [0.25, 0.3) is 0 Å². The monoisotopic (exact) mass is 325 g/mol. The van der Waals surface area contributed by atoms with Gasteiger partial charge in [0, 0.05) is 29.9 Å². The van der Waals surface area contributed by atoms with Crippen molar-refractivity contribution in [3.05, 3.63) is 54.0 Å². The maximum Gasteiger partial charge on any atom is 0.119 e. The fraction of sp³-hybridized carbons (Fsp3) is 0.333. The van der Waals surface area contributed by atoms with Gasteiger partial charge in [-0.05, 0) is 31.5 Å². The zero-order chi connectivity index (χ0) is 16.9. The van der Waals surface area contributed by atoms with Gasteiger partial charge in [0.2, 0.25) is 0 Å². The normalized spacial score (nSPS) is 12.3. The van der Waals surface area contributed by atoms with E-state index in [9.17, 15) is 0 Å². The number of methoxy groups -OCH3 is 1. The Bertz CT molecular complexity index is 792. The van der Waals surface area contributed by atoms with Crippen molar-refractivity contribution in [3.63, 3.8) is 0 Å². The van der Waals surface area contributed by atoms with Gasteiger partial charge in [0.05, 0.1) is 31.7 Å². The lowest BCUT2D eigenvalue weighted by Gasteiger charge is -2.14. The second-order valence-electron chi connectivity index (χ2n) is 6.02. The van der Waals surface area contributed by atoms with Gasteiger partial charge in [-0.25, -0.2) is 0 Å². The predicted octanol–water partition coefficient (Wildman–Crippen LogP) is 2.77. The molecule has 0 aliphatic carbocycles. The lowest BCUT2D eigenvalue weighted by atomic mass is 10.1. The number of benzene rings is 1. The Hall–Kier alpha value is -2.60. The van der Waals surface area contributed by atoms with Crippen LogP contribution < -0.4 is 10.1 Å². The van der Waals surface area contributed by atoms with E-state index in [-0.39, 0.29) is 0 Å². The summed E-state index contributed by atoms with van der Waals surface area (Å²) in [7, 11) is 1.67. The van der Waals surface area contributed by atoms with Crippen molar-refractivity contribution in [2.75, 3.05) is 7.11 Å². The molecule has 0 aliphatic rings. The maximum atomic E-state index is 5.30. The second kappa shape index (κ2) is 7.31. The average molecular weight is 325 g/mol. The first-order valence-corrected chi connectivity index (χ1v) is 8.05. The van der Waals surface area contributed by atoms with Crippen LogP contribution in [-0.4, -0.2) is 33.1 Å². The van der Waals surface area contributed by atoms with Gasteiger partial charge < -0.3 is 10.1 Å². The Kier molecular flexibility index (Phi) is 4.96. The highest BCUT2D eigenvalue weighted by molar-refractivity contribution is 5.64. The molecule has 0 saturated heterocycles. The molecular weight excluding hydrogens is 302 g/mol. The molecule has 24 heavy (non-hydrogen) atoms. The molecule has 1 atom stereocenters. The van der Waals surface area contributed by atoms with E-state index in [4.69, 9.17) is 4.74 Å². The van der Waals surface area contributed by atoms with E-state index in [1.807, 2.05) is 42.2 Å². The first kappa shape index (κ1) is 16.3. The first-order valence-electron chi connectivity index (χ1n) is 8.05. The smallest absolute Gasteiger partial charge is 0.119 e. The minimum absolute atomic E-state index is 0.303. The summed E-state index contributed by atoms with van der Waals surface area (Å²) in [5.74, 6) is 0.837. The van der Waals surface area contributed by atoms with Crippen LogP contribution in [0.25, 0.3) is 11.3 Å². The quantitative estimate of drug-likeness (QED) is 0.701. The van der Waals surface area contributed by atoms with E-state index in [1.165, 1.54) is 5.56 Å². The minimum atomic E-state index is 0.303. The van der Waals surface area contributed by atoms with Crippen LogP contribution in [0.2, 0.25) is 0 Å². The van der Waals surface area contributed by atoms with Gasteiger partial charge in [-0.1, -0.05) is 12.1 Å². The summed E-state index contributed by atoms with van der Waals surface area (Å²) in [4.78, 5) is 0. The van der Waals surface area contributed by atoms with E-state index in [2.05, 4.69) is 39.8 Å². The fourth-order valence-corrected chi connectivity index (χ4v) is 2.67. The Morgan fingerprint density at radius 1 is 1.33 bits per heavy atom. The molecule has 0 radical (unpaired) electrons. The lowest BCUT2D eigenvalue weighted by molar-refractivity contribution is 0.415. The summed E-state index contributed by atoms with van der Waals surface area (Å²) in [6.07, 6.45) is 5.80. The van der Waals surface area contributed by atoms with Crippen LogP contribution in [0.3, 0.4) is 0 Å². The SMILES string of the molecule is COc1cccc(-c2[nH]ncc2CNC(C)Cn2cc(C)cn2)c1. The molecule has 6 nitrogen and oxygen atoms in total. The van der Waals surface area contributed by atoms with Crippen molar-refractivity contribution >= 4 is 0 Å². The molecule has 3 aromatic rings. The van der Waals surface area contributed by atoms with Gasteiger partial charge in [0.15, 0.2) is 0 Å². The molecule has 0 bridgehead atoms. The molecule has 2 aromatic heterocycles. The van der Waals surface area contributed by atoms with Crippen molar-refractivity contribution in [1.82, 2.24) is 25.3 Å². The number of hydrogen-bond acceptors (Lipinski definition) is 4. The Labute approximate surface area is 141 Å². The van der Waals surface area contributed by atoms with Crippen molar-refractivity contribution < 1.29 is 4.74 Å². The van der Waals surface area contributed by atoms with Crippen LogP contribution in [0.4, 0.5) is 0 Å². The molecule has 0 aliphatic heterocycles. The number of hydrogen-bond donors (Lipinski definition) is 2. The first-order chi connectivity index (χ1) is 11.7. The molecule has 1 unspecified atom stereocenters.